The second-order valence-corrected chi connectivity index (χ2v) is 4.47. The molecule has 0 saturated carbocycles. The molecule has 0 aromatic carbocycles. The normalized spacial score (nSPS) is 10.2. The summed E-state index contributed by atoms with van der Waals surface area (Å²) in [5, 5.41) is 2.59. The molecule has 0 bridgehead atoms. The molecule has 110 valence electrons. The van der Waals surface area contributed by atoms with E-state index in [1.54, 1.807) is 11.8 Å². The van der Waals surface area contributed by atoms with E-state index in [0.717, 1.165) is 0 Å². The molecule has 20 heavy (non-hydrogen) atoms. The van der Waals surface area contributed by atoms with Gasteiger partial charge in [-0.15, -0.1) is 0 Å². The van der Waals surface area contributed by atoms with Crippen LogP contribution in [0.25, 0.3) is 0 Å². The highest BCUT2D eigenvalue weighted by Gasteiger charge is 2.12. The molecule has 0 atom stereocenters. The van der Waals surface area contributed by atoms with E-state index in [9.17, 15) is 14.4 Å². The number of hydrogen-bond acceptors (Lipinski definition) is 3. The fraction of sp³-hybridized carbons (Fsp3) is 0.500. The molecule has 1 rings (SSSR count). The van der Waals surface area contributed by atoms with Gasteiger partial charge in [0.15, 0.2) is 5.43 Å². The van der Waals surface area contributed by atoms with Crippen LogP contribution in [0.15, 0.2) is 17.1 Å². The van der Waals surface area contributed by atoms with E-state index < -0.39 is 5.91 Å². The van der Waals surface area contributed by atoms with Crippen LogP contribution in [-0.4, -0.2) is 41.3 Å². The summed E-state index contributed by atoms with van der Waals surface area (Å²) in [5.74, 6) is -0.466. The molecule has 0 aliphatic carbocycles. The average Bonchev–Trinajstić information content (AvgIpc) is 2.39. The number of nitrogens with zero attached hydrogens (tertiary/aromatic N) is 1. The Bertz CT molecular complexity index is 533. The molecule has 0 spiro atoms. The van der Waals surface area contributed by atoms with Crippen molar-refractivity contribution in [2.45, 2.75) is 27.2 Å². The van der Waals surface area contributed by atoms with Gasteiger partial charge in [0.2, 0.25) is 5.91 Å². The van der Waals surface area contributed by atoms with E-state index >= 15 is 0 Å². The number of pyridine rings is 1. The predicted molar refractivity (Wildman–Crippen MR) is 76.7 cm³/mol. The van der Waals surface area contributed by atoms with Gasteiger partial charge < -0.3 is 15.2 Å². The SMILES string of the molecule is CCN(CC)C(=O)CCNC(=O)c1c[nH]c(C)cc1=O. The molecule has 0 fully saturated rings. The van der Waals surface area contributed by atoms with Crippen LogP contribution >= 0.6 is 0 Å². The highest BCUT2D eigenvalue weighted by Crippen LogP contribution is 1.95. The molecule has 2 amide bonds. The van der Waals surface area contributed by atoms with Crippen LogP contribution in [0.3, 0.4) is 0 Å². The Morgan fingerprint density at radius 1 is 1.30 bits per heavy atom. The van der Waals surface area contributed by atoms with Gasteiger partial charge in [-0.3, -0.25) is 14.4 Å². The summed E-state index contributed by atoms with van der Waals surface area (Å²) < 4.78 is 0. The summed E-state index contributed by atoms with van der Waals surface area (Å²) in [5.41, 5.74) is 0.433. The smallest absolute Gasteiger partial charge is 0.256 e. The Kier molecular flexibility index (Phi) is 5.96. The van der Waals surface area contributed by atoms with Gasteiger partial charge in [0.25, 0.3) is 5.91 Å². The maximum Gasteiger partial charge on any atom is 0.256 e. The van der Waals surface area contributed by atoms with Crippen LogP contribution in [0.5, 0.6) is 0 Å². The number of amides is 2. The zero-order valence-electron chi connectivity index (χ0n) is 12.2. The molecule has 0 aliphatic heterocycles. The highest BCUT2D eigenvalue weighted by atomic mass is 16.2. The van der Waals surface area contributed by atoms with Crippen molar-refractivity contribution >= 4 is 11.8 Å². The fourth-order valence-corrected chi connectivity index (χ4v) is 1.86. The van der Waals surface area contributed by atoms with Gasteiger partial charge in [0, 0.05) is 44.0 Å². The van der Waals surface area contributed by atoms with Crippen LogP contribution in [-0.2, 0) is 4.79 Å². The molecule has 1 heterocycles. The zero-order valence-corrected chi connectivity index (χ0v) is 12.2. The van der Waals surface area contributed by atoms with Gasteiger partial charge in [-0.05, 0) is 20.8 Å². The van der Waals surface area contributed by atoms with Crippen molar-refractivity contribution in [1.29, 1.82) is 0 Å². The van der Waals surface area contributed by atoms with Crippen molar-refractivity contribution in [2.24, 2.45) is 0 Å². The van der Waals surface area contributed by atoms with E-state index in [1.165, 1.54) is 12.3 Å². The third kappa shape index (κ3) is 4.22. The van der Waals surface area contributed by atoms with Crippen molar-refractivity contribution in [2.75, 3.05) is 19.6 Å². The Hall–Kier alpha value is -2.11. The molecular weight excluding hydrogens is 258 g/mol. The number of aromatic nitrogens is 1. The second kappa shape index (κ2) is 7.47. The van der Waals surface area contributed by atoms with E-state index in [4.69, 9.17) is 0 Å². The van der Waals surface area contributed by atoms with Gasteiger partial charge in [-0.1, -0.05) is 0 Å². The quantitative estimate of drug-likeness (QED) is 0.803. The Morgan fingerprint density at radius 2 is 1.95 bits per heavy atom. The first-order chi connectivity index (χ1) is 9.49. The lowest BCUT2D eigenvalue weighted by molar-refractivity contribution is -0.130. The monoisotopic (exact) mass is 279 g/mol. The third-order valence-corrected chi connectivity index (χ3v) is 3.04. The predicted octanol–water partition coefficient (Wildman–Crippen LogP) is 0.672. The van der Waals surface area contributed by atoms with Crippen molar-refractivity contribution in [3.05, 3.63) is 33.7 Å². The van der Waals surface area contributed by atoms with E-state index in [0.29, 0.717) is 18.8 Å². The standard InChI is InChI=1S/C14H21N3O3/c1-4-17(5-2)13(19)6-7-15-14(20)11-9-16-10(3)8-12(11)18/h8-9H,4-7H2,1-3H3,(H,15,20)(H,16,18). The minimum absolute atomic E-state index is 0.00637. The van der Waals surface area contributed by atoms with Crippen molar-refractivity contribution in [3.63, 3.8) is 0 Å². The maximum absolute atomic E-state index is 11.8. The second-order valence-electron chi connectivity index (χ2n) is 4.47. The molecule has 0 saturated heterocycles. The Balaban J connectivity index is 2.52. The minimum Gasteiger partial charge on any atom is -0.364 e. The van der Waals surface area contributed by atoms with Crippen LogP contribution in [0.1, 0.15) is 36.3 Å². The molecule has 1 aromatic heterocycles. The Morgan fingerprint density at radius 3 is 2.50 bits per heavy atom. The van der Waals surface area contributed by atoms with Crippen molar-refractivity contribution < 1.29 is 9.59 Å². The number of rotatable bonds is 6. The van der Waals surface area contributed by atoms with Crippen molar-refractivity contribution in [1.82, 2.24) is 15.2 Å². The lowest BCUT2D eigenvalue weighted by atomic mass is 10.2. The summed E-state index contributed by atoms with van der Waals surface area (Å²) in [6.07, 6.45) is 1.62. The summed E-state index contributed by atoms with van der Waals surface area (Å²) in [6.45, 7) is 7.09. The molecular formula is C14H21N3O3. The highest BCUT2D eigenvalue weighted by molar-refractivity contribution is 5.94. The number of aryl methyl sites for hydroxylation is 1. The number of carbonyl (C=O) groups is 2. The maximum atomic E-state index is 11.8. The van der Waals surface area contributed by atoms with Gasteiger partial charge >= 0.3 is 0 Å². The summed E-state index contributed by atoms with van der Waals surface area (Å²) in [4.78, 5) is 39.7. The zero-order chi connectivity index (χ0) is 15.1. The largest absolute Gasteiger partial charge is 0.364 e. The topological polar surface area (TPSA) is 82.3 Å². The number of aromatic amines is 1. The van der Waals surface area contributed by atoms with E-state index in [2.05, 4.69) is 10.3 Å². The fourth-order valence-electron chi connectivity index (χ4n) is 1.86. The average molecular weight is 279 g/mol. The first-order valence-corrected chi connectivity index (χ1v) is 6.74. The molecule has 0 radical (unpaired) electrons. The summed E-state index contributed by atoms with van der Waals surface area (Å²) in [7, 11) is 0. The summed E-state index contributed by atoms with van der Waals surface area (Å²) >= 11 is 0. The lowest BCUT2D eigenvalue weighted by Gasteiger charge is -2.18. The van der Waals surface area contributed by atoms with Gasteiger partial charge in [-0.25, -0.2) is 0 Å². The van der Waals surface area contributed by atoms with Gasteiger partial charge in [0.1, 0.15) is 5.56 Å². The van der Waals surface area contributed by atoms with Gasteiger partial charge in [0.05, 0.1) is 0 Å². The van der Waals surface area contributed by atoms with Crippen LogP contribution < -0.4 is 10.7 Å². The van der Waals surface area contributed by atoms with Crippen molar-refractivity contribution in [3.8, 4) is 0 Å². The molecule has 2 N–H and O–H groups in total. The number of hydrogen-bond donors (Lipinski definition) is 2. The molecule has 0 aliphatic rings. The van der Waals surface area contributed by atoms with Gasteiger partial charge in [-0.2, -0.15) is 0 Å². The first-order valence-electron chi connectivity index (χ1n) is 6.74. The van der Waals surface area contributed by atoms with Crippen LogP contribution in [0, 0.1) is 6.92 Å². The number of nitrogens with one attached hydrogen (secondary N) is 2. The Labute approximate surface area is 118 Å². The summed E-state index contributed by atoms with van der Waals surface area (Å²) in [6, 6.07) is 1.37. The first kappa shape index (κ1) is 15.9. The number of carbonyl (C=O) groups excluding carboxylic acids is 2. The minimum atomic E-state index is -0.460. The lowest BCUT2D eigenvalue weighted by Crippen LogP contribution is -2.35. The molecule has 0 unspecified atom stereocenters. The number of H-pyrrole nitrogens is 1. The van der Waals surface area contributed by atoms with E-state index in [-0.39, 0.29) is 29.9 Å². The van der Waals surface area contributed by atoms with Crippen LogP contribution in [0.4, 0.5) is 0 Å². The third-order valence-electron chi connectivity index (χ3n) is 3.04. The molecule has 6 heteroatoms. The van der Waals surface area contributed by atoms with E-state index in [1.807, 2.05) is 13.8 Å². The molecule has 1 aromatic rings. The van der Waals surface area contributed by atoms with Crippen LogP contribution in [0.2, 0.25) is 0 Å². The molecule has 6 nitrogen and oxygen atoms in total.